The largest absolute Gasteiger partial charge is 0.497 e. The Bertz CT molecular complexity index is 509. The van der Waals surface area contributed by atoms with Gasteiger partial charge < -0.3 is 10.1 Å². The number of ether oxygens (including phenoxy) is 1. The molecule has 2 N–H and O–H groups in total. The van der Waals surface area contributed by atoms with Crippen LogP contribution in [0.15, 0.2) is 24.3 Å². The van der Waals surface area contributed by atoms with E-state index in [1.54, 1.807) is 38.3 Å². The second-order valence-electron chi connectivity index (χ2n) is 4.87. The van der Waals surface area contributed by atoms with Crippen LogP contribution in [0.1, 0.15) is 19.8 Å². The van der Waals surface area contributed by atoms with Crippen molar-refractivity contribution in [3.63, 3.8) is 0 Å². The summed E-state index contributed by atoms with van der Waals surface area (Å²) < 4.78 is 31.8. The molecule has 1 fully saturated rings. The Balaban J connectivity index is 1.93. The number of hydrogen-bond acceptors (Lipinski definition) is 4. The van der Waals surface area contributed by atoms with Crippen molar-refractivity contribution >= 4 is 15.7 Å². The van der Waals surface area contributed by atoms with E-state index in [0.717, 1.165) is 12.8 Å². The zero-order valence-electron chi connectivity index (χ0n) is 11.2. The number of sulfonamides is 1. The minimum absolute atomic E-state index is 0.463. The topological polar surface area (TPSA) is 67.4 Å². The van der Waals surface area contributed by atoms with Crippen molar-refractivity contribution in [2.24, 2.45) is 0 Å². The predicted octanol–water partition coefficient (Wildman–Crippen LogP) is 1.58. The highest BCUT2D eigenvalue weighted by Crippen LogP contribution is 2.20. The first-order chi connectivity index (χ1) is 9.01. The smallest absolute Gasteiger partial charge is 0.236 e. The summed E-state index contributed by atoms with van der Waals surface area (Å²) in [5.74, 6) is 0.700. The number of benzene rings is 1. The Hall–Kier alpha value is -1.27. The van der Waals surface area contributed by atoms with Crippen LogP contribution in [-0.2, 0) is 10.0 Å². The van der Waals surface area contributed by atoms with Crippen molar-refractivity contribution < 1.29 is 13.2 Å². The third kappa shape index (κ3) is 4.11. The fraction of sp³-hybridized carbons (Fsp3) is 0.538. The van der Waals surface area contributed by atoms with E-state index in [4.69, 9.17) is 4.74 Å². The molecule has 1 aliphatic carbocycles. The summed E-state index contributed by atoms with van der Waals surface area (Å²) in [6.45, 7) is 2.19. The van der Waals surface area contributed by atoms with Crippen LogP contribution in [0.2, 0.25) is 0 Å². The Morgan fingerprint density at radius 3 is 2.47 bits per heavy atom. The Morgan fingerprint density at radius 1 is 1.32 bits per heavy atom. The van der Waals surface area contributed by atoms with Gasteiger partial charge in [0.25, 0.3) is 0 Å². The summed E-state index contributed by atoms with van der Waals surface area (Å²) in [5.41, 5.74) is 0.555. The fourth-order valence-electron chi connectivity index (χ4n) is 1.65. The van der Waals surface area contributed by atoms with E-state index in [0.29, 0.717) is 24.0 Å². The number of rotatable bonds is 7. The van der Waals surface area contributed by atoms with Gasteiger partial charge in [0.1, 0.15) is 5.75 Å². The van der Waals surface area contributed by atoms with Crippen molar-refractivity contribution in [1.82, 2.24) is 5.32 Å². The van der Waals surface area contributed by atoms with Gasteiger partial charge in [0, 0.05) is 18.3 Å². The van der Waals surface area contributed by atoms with Crippen LogP contribution < -0.4 is 14.8 Å². The molecule has 1 aromatic carbocycles. The minimum atomic E-state index is -3.35. The van der Waals surface area contributed by atoms with Crippen LogP contribution in [0, 0.1) is 0 Å². The van der Waals surface area contributed by atoms with Gasteiger partial charge in [-0.1, -0.05) is 0 Å². The summed E-state index contributed by atoms with van der Waals surface area (Å²) in [5, 5.41) is 2.76. The maximum Gasteiger partial charge on any atom is 0.236 e. The first kappa shape index (κ1) is 14.1. The van der Waals surface area contributed by atoms with Crippen LogP contribution in [-0.4, -0.2) is 33.4 Å². The Labute approximate surface area is 114 Å². The summed E-state index contributed by atoms with van der Waals surface area (Å²) in [7, 11) is -1.78. The first-order valence-electron chi connectivity index (χ1n) is 6.40. The standard InChI is InChI=1S/C13H20N2O3S/c1-10(9-14-11-3-4-11)19(16,17)15-12-5-7-13(18-2)8-6-12/h5-8,10-11,14-15H,3-4,9H2,1-2H3. The van der Waals surface area contributed by atoms with Gasteiger partial charge in [0.2, 0.25) is 10.0 Å². The third-order valence-electron chi connectivity index (χ3n) is 3.15. The van der Waals surface area contributed by atoms with Gasteiger partial charge in [0.15, 0.2) is 0 Å². The van der Waals surface area contributed by atoms with E-state index in [1.165, 1.54) is 0 Å². The molecule has 1 atom stereocenters. The van der Waals surface area contributed by atoms with Crippen LogP contribution in [0.3, 0.4) is 0 Å². The highest BCUT2D eigenvalue weighted by atomic mass is 32.2. The molecule has 2 rings (SSSR count). The number of methoxy groups -OCH3 is 1. The van der Waals surface area contributed by atoms with Gasteiger partial charge >= 0.3 is 0 Å². The molecule has 1 aliphatic rings. The summed E-state index contributed by atoms with van der Waals surface area (Å²) in [6.07, 6.45) is 2.30. The molecule has 19 heavy (non-hydrogen) atoms. The lowest BCUT2D eigenvalue weighted by Gasteiger charge is -2.15. The summed E-state index contributed by atoms with van der Waals surface area (Å²) in [6, 6.07) is 7.35. The molecule has 0 amide bonds. The van der Waals surface area contributed by atoms with E-state index >= 15 is 0 Å². The average molecular weight is 284 g/mol. The zero-order chi connectivity index (χ0) is 13.9. The van der Waals surface area contributed by atoms with Gasteiger partial charge in [-0.3, -0.25) is 4.72 Å². The summed E-state index contributed by atoms with van der Waals surface area (Å²) >= 11 is 0. The van der Waals surface area contributed by atoms with E-state index in [-0.39, 0.29) is 0 Å². The number of nitrogens with one attached hydrogen (secondary N) is 2. The number of hydrogen-bond donors (Lipinski definition) is 2. The van der Waals surface area contributed by atoms with E-state index < -0.39 is 15.3 Å². The van der Waals surface area contributed by atoms with Gasteiger partial charge in [-0.15, -0.1) is 0 Å². The van der Waals surface area contributed by atoms with Crippen LogP contribution in [0.25, 0.3) is 0 Å². The van der Waals surface area contributed by atoms with E-state index in [9.17, 15) is 8.42 Å². The highest BCUT2D eigenvalue weighted by Gasteiger charge is 2.25. The zero-order valence-corrected chi connectivity index (χ0v) is 12.0. The molecule has 0 bridgehead atoms. The van der Waals surface area contributed by atoms with Crippen molar-refractivity contribution in [2.45, 2.75) is 31.1 Å². The normalized spacial score (nSPS) is 16.9. The number of anilines is 1. The molecule has 5 nitrogen and oxygen atoms in total. The molecule has 0 heterocycles. The lowest BCUT2D eigenvalue weighted by atomic mass is 10.3. The molecule has 0 radical (unpaired) electrons. The van der Waals surface area contributed by atoms with Crippen LogP contribution in [0.4, 0.5) is 5.69 Å². The molecule has 0 spiro atoms. The fourth-order valence-corrected chi connectivity index (χ4v) is 2.64. The van der Waals surface area contributed by atoms with E-state index in [1.807, 2.05) is 0 Å². The van der Waals surface area contributed by atoms with Gasteiger partial charge in [-0.05, 0) is 44.0 Å². The Kier molecular flexibility index (Phi) is 4.31. The summed E-state index contributed by atoms with van der Waals surface area (Å²) in [4.78, 5) is 0. The van der Waals surface area contributed by atoms with E-state index in [2.05, 4.69) is 10.0 Å². The molecule has 106 valence electrons. The monoisotopic (exact) mass is 284 g/mol. The van der Waals surface area contributed by atoms with Gasteiger partial charge in [-0.2, -0.15) is 0 Å². The molecule has 1 aromatic rings. The molecular formula is C13H20N2O3S. The second-order valence-corrected chi connectivity index (χ2v) is 6.97. The van der Waals surface area contributed by atoms with Crippen molar-refractivity contribution in [3.8, 4) is 5.75 Å². The molecule has 6 heteroatoms. The highest BCUT2D eigenvalue weighted by molar-refractivity contribution is 7.93. The van der Waals surface area contributed by atoms with Crippen LogP contribution >= 0.6 is 0 Å². The Morgan fingerprint density at radius 2 is 1.95 bits per heavy atom. The predicted molar refractivity (Wildman–Crippen MR) is 76.0 cm³/mol. The third-order valence-corrected chi connectivity index (χ3v) is 4.90. The quantitative estimate of drug-likeness (QED) is 0.797. The van der Waals surface area contributed by atoms with Crippen molar-refractivity contribution in [1.29, 1.82) is 0 Å². The second kappa shape index (κ2) is 5.79. The molecule has 0 aliphatic heterocycles. The maximum atomic E-state index is 12.1. The van der Waals surface area contributed by atoms with Crippen molar-refractivity contribution in [2.75, 3.05) is 18.4 Å². The SMILES string of the molecule is COc1ccc(NS(=O)(=O)C(C)CNC2CC2)cc1. The lowest BCUT2D eigenvalue weighted by Crippen LogP contribution is -2.35. The molecule has 0 aromatic heterocycles. The lowest BCUT2D eigenvalue weighted by molar-refractivity contribution is 0.415. The maximum absolute atomic E-state index is 12.1. The minimum Gasteiger partial charge on any atom is -0.497 e. The molecular weight excluding hydrogens is 264 g/mol. The molecule has 1 saturated carbocycles. The first-order valence-corrected chi connectivity index (χ1v) is 7.95. The molecule has 1 unspecified atom stereocenters. The molecule has 0 saturated heterocycles. The van der Waals surface area contributed by atoms with Crippen molar-refractivity contribution in [3.05, 3.63) is 24.3 Å². The van der Waals surface area contributed by atoms with Crippen LogP contribution in [0.5, 0.6) is 5.75 Å². The average Bonchev–Trinajstić information content (AvgIpc) is 3.20. The van der Waals surface area contributed by atoms with Gasteiger partial charge in [-0.25, -0.2) is 8.42 Å². The van der Waals surface area contributed by atoms with Gasteiger partial charge in [0.05, 0.1) is 12.4 Å².